The van der Waals surface area contributed by atoms with E-state index in [2.05, 4.69) is 25.7 Å². The highest BCUT2D eigenvalue weighted by molar-refractivity contribution is 7.12. The number of carboxylic acid groups (broad SMARTS) is 1. The molecule has 0 saturated carbocycles. The van der Waals surface area contributed by atoms with Gasteiger partial charge in [-0.2, -0.15) is 0 Å². The van der Waals surface area contributed by atoms with E-state index >= 15 is 0 Å². The molecule has 0 atom stereocenters. The molecule has 0 aliphatic rings. The molecular weight excluding hydrogens is 210 g/mol. The molecule has 1 aromatic heterocycles. The molecule has 0 amide bonds. The summed E-state index contributed by atoms with van der Waals surface area (Å²) in [5.74, 6) is -0.259. The van der Waals surface area contributed by atoms with Crippen LogP contribution < -0.4 is 4.90 Å². The lowest BCUT2D eigenvalue weighted by atomic mass is 10.2. The summed E-state index contributed by atoms with van der Waals surface area (Å²) >= 11 is 1.29. The third kappa shape index (κ3) is 3.23. The minimum absolute atomic E-state index is 0.409. The van der Waals surface area contributed by atoms with Crippen LogP contribution in [0.25, 0.3) is 0 Å². The number of rotatable bonds is 5. The molecule has 1 aromatic rings. The molecule has 1 heterocycles. The van der Waals surface area contributed by atoms with Crippen LogP contribution in [0.4, 0.5) is 5.69 Å². The minimum atomic E-state index is -0.841. The molecule has 1 N–H and O–H groups in total. The summed E-state index contributed by atoms with van der Waals surface area (Å²) in [6.07, 6.45) is 0. The number of aromatic carboxylic acids is 1. The second-order valence-corrected chi connectivity index (χ2v) is 4.82. The van der Waals surface area contributed by atoms with Gasteiger partial charge in [0.05, 0.1) is 0 Å². The van der Waals surface area contributed by atoms with Gasteiger partial charge in [-0.25, -0.2) is 4.79 Å². The SMILES string of the molecule is CCN(CC(C)C)c1csc(C(=O)O)c1. The summed E-state index contributed by atoms with van der Waals surface area (Å²) in [6.45, 7) is 8.28. The summed E-state index contributed by atoms with van der Waals surface area (Å²) in [5.41, 5.74) is 1.02. The van der Waals surface area contributed by atoms with Crippen LogP contribution in [0.5, 0.6) is 0 Å². The van der Waals surface area contributed by atoms with E-state index in [0.29, 0.717) is 10.8 Å². The number of hydrogen-bond donors (Lipinski definition) is 1. The van der Waals surface area contributed by atoms with Crippen molar-refractivity contribution in [2.75, 3.05) is 18.0 Å². The van der Waals surface area contributed by atoms with E-state index in [0.717, 1.165) is 18.8 Å². The molecule has 4 heteroatoms. The highest BCUT2D eigenvalue weighted by Gasteiger charge is 2.11. The first-order valence-corrected chi connectivity index (χ1v) is 5.99. The predicted octanol–water partition coefficient (Wildman–Crippen LogP) is 2.93. The summed E-state index contributed by atoms with van der Waals surface area (Å²) in [6, 6.07) is 1.75. The fourth-order valence-electron chi connectivity index (χ4n) is 1.46. The summed E-state index contributed by atoms with van der Waals surface area (Å²) < 4.78 is 0. The van der Waals surface area contributed by atoms with Gasteiger partial charge in [-0.15, -0.1) is 11.3 Å². The Morgan fingerprint density at radius 1 is 1.60 bits per heavy atom. The maximum absolute atomic E-state index is 10.7. The molecule has 0 saturated heterocycles. The van der Waals surface area contributed by atoms with E-state index in [1.807, 2.05) is 5.38 Å². The monoisotopic (exact) mass is 227 g/mol. The topological polar surface area (TPSA) is 40.5 Å². The Morgan fingerprint density at radius 2 is 2.27 bits per heavy atom. The van der Waals surface area contributed by atoms with Crippen LogP contribution in [-0.4, -0.2) is 24.2 Å². The molecule has 0 fully saturated rings. The van der Waals surface area contributed by atoms with Crippen LogP contribution in [0.1, 0.15) is 30.4 Å². The third-order valence-corrected chi connectivity index (χ3v) is 3.03. The van der Waals surface area contributed by atoms with Crippen molar-refractivity contribution in [1.82, 2.24) is 0 Å². The van der Waals surface area contributed by atoms with E-state index in [1.165, 1.54) is 11.3 Å². The fourth-order valence-corrected chi connectivity index (χ4v) is 2.22. The van der Waals surface area contributed by atoms with Gasteiger partial charge in [-0.1, -0.05) is 13.8 Å². The molecule has 1 rings (SSSR count). The van der Waals surface area contributed by atoms with Gasteiger partial charge in [0.1, 0.15) is 4.88 Å². The second kappa shape index (κ2) is 5.16. The van der Waals surface area contributed by atoms with Crippen LogP contribution in [-0.2, 0) is 0 Å². The van der Waals surface area contributed by atoms with E-state index in [1.54, 1.807) is 6.07 Å². The normalized spacial score (nSPS) is 10.7. The van der Waals surface area contributed by atoms with E-state index in [4.69, 9.17) is 5.11 Å². The van der Waals surface area contributed by atoms with Gasteiger partial charge in [0, 0.05) is 24.2 Å². The molecule has 0 radical (unpaired) electrons. The third-order valence-electron chi connectivity index (χ3n) is 2.13. The lowest BCUT2D eigenvalue weighted by Crippen LogP contribution is -2.26. The van der Waals surface area contributed by atoms with Crippen LogP contribution in [0.3, 0.4) is 0 Å². The molecule has 0 aliphatic heterocycles. The average Bonchev–Trinajstić information content (AvgIpc) is 2.62. The van der Waals surface area contributed by atoms with Crippen molar-refractivity contribution in [3.63, 3.8) is 0 Å². The van der Waals surface area contributed by atoms with Gasteiger partial charge in [-0.3, -0.25) is 0 Å². The lowest BCUT2D eigenvalue weighted by molar-refractivity contribution is 0.0702. The zero-order chi connectivity index (χ0) is 11.4. The van der Waals surface area contributed by atoms with Crippen molar-refractivity contribution in [2.24, 2.45) is 5.92 Å². The Labute approximate surface area is 94.3 Å². The molecule has 3 nitrogen and oxygen atoms in total. The van der Waals surface area contributed by atoms with Gasteiger partial charge in [0.2, 0.25) is 0 Å². The standard InChI is InChI=1S/C11H17NO2S/c1-4-12(6-8(2)3)9-5-10(11(13)14)15-7-9/h5,7-8H,4,6H2,1-3H3,(H,13,14). The van der Waals surface area contributed by atoms with Crippen molar-refractivity contribution in [1.29, 1.82) is 0 Å². The van der Waals surface area contributed by atoms with Gasteiger partial charge in [0.25, 0.3) is 0 Å². The summed E-state index contributed by atoms with van der Waals surface area (Å²) in [7, 11) is 0. The Bertz CT molecular complexity index is 333. The molecule has 0 aromatic carbocycles. The summed E-state index contributed by atoms with van der Waals surface area (Å²) in [5, 5.41) is 10.7. The first-order valence-electron chi connectivity index (χ1n) is 5.11. The molecule has 0 spiro atoms. The molecule has 0 bridgehead atoms. The first kappa shape index (κ1) is 12.0. The van der Waals surface area contributed by atoms with Crippen LogP contribution >= 0.6 is 11.3 Å². The smallest absolute Gasteiger partial charge is 0.345 e. The Kier molecular flexibility index (Phi) is 4.15. The number of anilines is 1. The molecule has 0 unspecified atom stereocenters. The first-order chi connectivity index (χ1) is 7.04. The highest BCUT2D eigenvalue weighted by atomic mass is 32.1. The maximum Gasteiger partial charge on any atom is 0.345 e. The zero-order valence-corrected chi connectivity index (χ0v) is 10.2. The van der Waals surface area contributed by atoms with Crippen molar-refractivity contribution in [3.05, 3.63) is 16.3 Å². The van der Waals surface area contributed by atoms with Crippen molar-refractivity contribution in [2.45, 2.75) is 20.8 Å². The van der Waals surface area contributed by atoms with E-state index in [9.17, 15) is 4.79 Å². The zero-order valence-electron chi connectivity index (χ0n) is 9.36. The van der Waals surface area contributed by atoms with Crippen LogP contribution in [0, 0.1) is 5.92 Å². The van der Waals surface area contributed by atoms with Crippen LogP contribution in [0.2, 0.25) is 0 Å². The van der Waals surface area contributed by atoms with Gasteiger partial charge in [0.15, 0.2) is 0 Å². The number of carboxylic acids is 1. The van der Waals surface area contributed by atoms with Gasteiger partial charge >= 0.3 is 5.97 Å². The van der Waals surface area contributed by atoms with Crippen molar-refractivity contribution in [3.8, 4) is 0 Å². The van der Waals surface area contributed by atoms with E-state index < -0.39 is 5.97 Å². The van der Waals surface area contributed by atoms with Gasteiger partial charge in [-0.05, 0) is 18.9 Å². The molecular formula is C11H17NO2S. The van der Waals surface area contributed by atoms with Crippen molar-refractivity contribution < 1.29 is 9.90 Å². The second-order valence-electron chi connectivity index (χ2n) is 3.91. The lowest BCUT2D eigenvalue weighted by Gasteiger charge is -2.23. The Balaban J connectivity index is 2.78. The predicted molar refractivity (Wildman–Crippen MR) is 64.0 cm³/mol. The molecule has 0 aliphatic carbocycles. The maximum atomic E-state index is 10.7. The number of carbonyl (C=O) groups is 1. The average molecular weight is 227 g/mol. The largest absolute Gasteiger partial charge is 0.477 e. The van der Waals surface area contributed by atoms with Crippen molar-refractivity contribution >= 4 is 23.0 Å². The van der Waals surface area contributed by atoms with Gasteiger partial charge < -0.3 is 10.0 Å². The van der Waals surface area contributed by atoms with Crippen LogP contribution in [0.15, 0.2) is 11.4 Å². The summed E-state index contributed by atoms with van der Waals surface area (Å²) in [4.78, 5) is 13.4. The number of nitrogens with zero attached hydrogens (tertiary/aromatic N) is 1. The van der Waals surface area contributed by atoms with E-state index in [-0.39, 0.29) is 0 Å². The molecule has 15 heavy (non-hydrogen) atoms. The fraction of sp³-hybridized carbons (Fsp3) is 0.545. The Hall–Kier alpha value is -1.03. The number of thiophene rings is 1. The highest BCUT2D eigenvalue weighted by Crippen LogP contribution is 2.23. The number of hydrogen-bond acceptors (Lipinski definition) is 3. The molecule has 84 valence electrons. The minimum Gasteiger partial charge on any atom is -0.477 e. The Morgan fingerprint density at radius 3 is 2.67 bits per heavy atom. The quantitative estimate of drug-likeness (QED) is 0.840.